The van der Waals surface area contributed by atoms with Gasteiger partial charge in [0.25, 0.3) is 0 Å². The molecule has 0 aromatic carbocycles. The van der Waals surface area contributed by atoms with E-state index in [1.54, 1.807) is 11.8 Å². The molecule has 4 heteroatoms. The molecule has 4 aliphatic rings. The highest BCUT2D eigenvalue weighted by molar-refractivity contribution is 8.15. The number of rotatable bonds is 5. The summed E-state index contributed by atoms with van der Waals surface area (Å²) in [6, 6.07) is 0. The summed E-state index contributed by atoms with van der Waals surface area (Å²) in [5.41, 5.74) is 0.801. The molecule has 3 nitrogen and oxygen atoms in total. The maximum atomic E-state index is 11.3. The largest absolute Gasteiger partial charge is 0.305 e. The van der Waals surface area contributed by atoms with Crippen molar-refractivity contribution in [2.75, 3.05) is 5.75 Å². The van der Waals surface area contributed by atoms with Gasteiger partial charge in [0.1, 0.15) is 0 Å². The number of amidine groups is 1. The number of nitrogens with one attached hydrogen (secondary N) is 1. The van der Waals surface area contributed by atoms with Gasteiger partial charge < -0.3 is 5.32 Å². The summed E-state index contributed by atoms with van der Waals surface area (Å²) in [7, 11) is 0. The summed E-state index contributed by atoms with van der Waals surface area (Å²) < 4.78 is 0. The fourth-order valence-corrected chi connectivity index (χ4v) is 4.92. The Labute approximate surface area is 146 Å². The SMILES string of the molecule is CCC.CCCCCC12CCC(N=C3NC(=O)CS3)(CC1)CC2. The Morgan fingerprint density at radius 3 is 2.13 bits per heavy atom. The number of unbranched alkanes of at least 4 members (excludes halogenated alkanes) is 2. The van der Waals surface area contributed by atoms with Crippen LogP contribution < -0.4 is 5.32 Å². The molecule has 4 rings (SSSR count). The van der Waals surface area contributed by atoms with Crippen LogP contribution in [-0.4, -0.2) is 22.4 Å². The molecular weight excluding hydrogens is 304 g/mol. The molecule has 1 N–H and O–H groups in total. The van der Waals surface area contributed by atoms with Crippen LogP contribution in [0, 0.1) is 5.41 Å². The Morgan fingerprint density at radius 1 is 1.04 bits per heavy atom. The first-order valence-corrected chi connectivity index (χ1v) is 10.6. The van der Waals surface area contributed by atoms with E-state index in [9.17, 15) is 4.79 Å². The van der Waals surface area contributed by atoms with Crippen LogP contribution in [0.1, 0.15) is 91.4 Å². The fourth-order valence-electron chi connectivity index (χ4n) is 4.14. The number of carbonyl (C=O) groups is 1. The quantitative estimate of drug-likeness (QED) is 0.692. The lowest BCUT2D eigenvalue weighted by Crippen LogP contribution is -2.45. The van der Waals surface area contributed by atoms with Gasteiger partial charge in [0.2, 0.25) is 5.91 Å². The van der Waals surface area contributed by atoms with Crippen LogP contribution >= 0.6 is 11.8 Å². The number of fused-ring (bicyclic) bond motifs is 3. The topological polar surface area (TPSA) is 41.5 Å². The lowest BCUT2D eigenvalue weighted by atomic mass is 9.56. The molecule has 0 atom stereocenters. The van der Waals surface area contributed by atoms with Crippen molar-refractivity contribution in [1.82, 2.24) is 5.32 Å². The normalized spacial score (nSPS) is 34.2. The second-order valence-electron chi connectivity index (χ2n) is 7.64. The molecule has 0 spiro atoms. The highest BCUT2D eigenvalue weighted by atomic mass is 32.2. The molecule has 3 saturated carbocycles. The molecule has 0 unspecified atom stereocenters. The maximum Gasteiger partial charge on any atom is 0.236 e. The molecule has 0 aromatic heterocycles. The van der Waals surface area contributed by atoms with Gasteiger partial charge in [0.05, 0.1) is 11.3 Å². The molecule has 23 heavy (non-hydrogen) atoms. The van der Waals surface area contributed by atoms with Gasteiger partial charge in [-0.1, -0.05) is 58.2 Å². The summed E-state index contributed by atoms with van der Waals surface area (Å²) >= 11 is 1.58. The van der Waals surface area contributed by atoms with Crippen molar-refractivity contribution >= 4 is 22.8 Å². The van der Waals surface area contributed by atoms with E-state index < -0.39 is 0 Å². The van der Waals surface area contributed by atoms with E-state index in [0.29, 0.717) is 11.2 Å². The highest BCUT2D eigenvalue weighted by Gasteiger charge is 2.48. The van der Waals surface area contributed by atoms with Gasteiger partial charge in [-0.05, 0) is 50.4 Å². The van der Waals surface area contributed by atoms with E-state index in [1.807, 2.05) is 0 Å². The van der Waals surface area contributed by atoms with Crippen LogP contribution in [-0.2, 0) is 4.79 Å². The molecule has 0 aromatic rings. The second-order valence-corrected chi connectivity index (χ2v) is 8.61. The zero-order chi connectivity index (χ0) is 16.8. The third kappa shape index (κ3) is 4.98. The second kappa shape index (κ2) is 8.55. The van der Waals surface area contributed by atoms with Gasteiger partial charge in [-0.15, -0.1) is 0 Å². The predicted molar refractivity (Wildman–Crippen MR) is 101 cm³/mol. The lowest BCUT2D eigenvalue weighted by Gasteiger charge is -2.52. The molecule has 0 radical (unpaired) electrons. The van der Waals surface area contributed by atoms with Crippen molar-refractivity contribution in [3.05, 3.63) is 0 Å². The standard InChI is InChI=1S/C16H26N2OS.C3H8/c1-2-3-4-5-15-6-9-16(10-7-15,11-8-15)18-14-17-13(19)12-20-14;1-3-2/h2-12H2,1H3,(H,17,18,19);3H2,1-2H3. The smallest absolute Gasteiger partial charge is 0.236 e. The number of amides is 1. The van der Waals surface area contributed by atoms with Crippen molar-refractivity contribution in [2.24, 2.45) is 10.4 Å². The van der Waals surface area contributed by atoms with Crippen LogP contribution in [0.15, 0.2) is 4.99 Å². The molecule has 1 heterocycles. The Morgan fingerprint density at radius 2 is 1.65 bits per heavy atom. The Balaban J connectivity index is 0.000000595. The minimum atomic E-state index is 0.116. The van der Waals surface area contributed by atoms with Crippen molar-refractivity contribution in [1.29, 1.82) is 0 Å². The first kappa shape index (κ1) is 18.8. The van der Waals surface area contributed by atoms with Crippen LogP contribution in [0.3, 0.4) is 0 Å². The van der Waals surface area contributed by atoms with Gasteiger partial charge in [-0.2, -0.15) is 0 Å². The van der Waals surface area contributed by atoms with Gasteiger partial charge in [-0.25, -0.2) is 0 Å². The number of hydrogen-bond donors (Lipinski definition) is 1. The lowest BCUT2D eigenvalue weighted by molar-refractivity contribution is -0.116. The zero-order valence-corrected chi connectivity index (χ0v) is 16.1. The summed E-state index contributed by atoms with van der Waals surface area (Å²) in [5.74, 6) is 0.668. The van der Waals surface area contributed by atoms with Crippen LogP contribution in [0.2, 0.25) is 0 Å². The van der Waals surface area contributed by atoms with Crippen LogP contribution in [0.4, 0.5) is 0 Å². The van der Waals surface area contributed by atoms with Gasteiger partial charge in [-0.3, -0.25) is 9.79 Å². The minimum Gasteiger partial charge on any atom is -0.305 e. The van der Waals surface area contributed by atoms with Crippen molar-refractivity contribution in [3.8, 4) is 0 Å². The number of thioether (sulfide) groups is 1. The average Bonchev–Trinajstić information content (AvgIpc) is 2.95. The van der Waals surface area contributed by atoms with Crippen LogP contribution in [0.25, 0.3) is 0 Å². The molecule has 2 bridgehead atoms. The zero-order valence-electron chi connectivity index (χ0n) is 15.2. The molecule has 1 amide bonds. The fraction of sp³-hybridized carbons (Fsp3) is 0.895. The molecule has 1 saturated heterocycles. The van der Waals surface area contributed by atoms with Crippen molar-refractivity contribution < 1.29 is 4.79 Å². The van der Waals surface area contributed by atoms with E-state index in [4.69, 9.17) is 4.99 Å². The van der Waals surface area contributed by atoms with E-state index in [2.05, 4.69) is 26.1 Å². The first-order chi connectivity index (χ1) is 11.1. The molecule has 4 fully saturated rings. The monoisotopic (exact) mass is 338 g/mol. The van der Waals surface area contributed by atoms with E-state index >= 15 is 0 Å². The van der Waals surface area contributed by atoms with Crippen molar-refractivity contribution in [2.45, 2.75) is 96.9 Å². The average molecular weight is 339 g/mol. The Hall–Kier alpha value is -0.510. The van der Waals surface area contributed by atoms with E-state index in [1.165, 1.54) is 70.6 Å². The third-order valence-corrected chi connectivity index (χ3v) is 6.47. The molecule has 132 valence electrons. The summed E-state index contributed by atoms with van der Waals surface area (Å²) in [5, 5.41) is 3.79. The molecule has 1 aliphatic heterocycles. The maximum absolute atomic E-state index is 11.3. The van der Waals surface area contributed by atoms with Crippen molar-refractivity contribution in [3.63, 3.8) is 0 Å². The Bertz CT molecular complexity index is 409. The molecule has 3 aliphatic carbocycles. The number of hydrogen-bond acceptors (Lipinski definition) is 3. The van der Waals surface area contributed by atoms with E-state index in [0.717, 1.165) is 5.17 Å². The summed E-state index contributed by atoms with van der Waals surface area (Å²) in [6.45, 7) is 6.54. The summed E-state index contributed by atoms with van der Waals surface area (Å²) in [6.07, 6.45) is 14.6. The van der Waals surface area contributed by atoms with Gasteiger partial charge in [0.15, 0.2) is 5.17 Å². The number of aliphatic imine (C=N–C) groups is 1. The number of carbonyl (C=O) groups excluding carboxylic acids is 1. The van der Waals surface area contributed by atoms with Crippen LogP contribution in [0.5, 0.6) is 0 Å². The predicted octanol–water partition coefficient (Wildman–Crippen LogP) is 5.30. The number of nitrogens with zero attached hydrogens (tertiary/aromatic N) is 1. The third-order valence-electron chi connectivity index (χ3n) is 5.60. The first-order valence-electron chi connectivity index (χ1n) is 9.59. The van der Waals surface area contributed by atoms with E-state index in [-0.39, 0.29) is 11.4 Å². The van der Waals surface area contributed by atoms with Gasteiger partial charge in [0, 0.05) is 0 Å². The van der Waals surface area contributed by atoms with Gasteiger partial charge >= 0.3 is 0 Å². The highest BCUT2D eigenvalue weighted by Crippen LogP contribution is 2.56. The molecular formula is C19H34N2OS. The summed E-state index contributed by atoms with van der Waals surface area (Å²) in [4.78, 5) is 16.2. The Kier molecular flexibility index (Phi) is 7.00. The minimum absolute atomic E-state index is 0.116.